The van der Waals surface area contributed by atoms with Crippen molar-refractivity contribution in [3.8, 4) is 0 Å². The lowest BCUT2D eigenvalue weighted by Gasteiger charge is -2.13. The number of benzene rings is 3. The largest absolute Gasteiger partial charge is 0.330 e. The first-order chi connectivity index (χ1) is 16.6. The first-order valence-corrected chi connectivity index (χ1v) is 11.9. The number of hydrogen-bond acceptors (Lipinski definition) is 4. The average molecular weight is 459 g/mol. The molecule has 0 heterocycles. The molecule has 0 saturated carbocycles. The summed E-state index contributed by atoms with van der Waals surface area (Å²) in [6.45, 7) is 1.31. The molecular formula is C28H34N4O2. The maximum atomic E-state index is 13.0. The van der Waals surface area contributed by atoms with Gasteiger partial charge in [-0.3, -0.25) is 9.59 Å². The minimum atomic E-state index is -0.247. The Morgan fingerprint density at radius 1 is 0.588 bits per heavy atom. The van der Waals surface area contributed by atoms with Crippen LogP contribution in [0.5, 0.6) is 0 Å². The van der Waals surface area contributed by atoms with Crippen molar-refractivity contribution in [1.29, 1.82) is 0 Å². The van der Waals surface area contributed by atoms with E-state index in [4.69, 9.17) is 11.5 Å². The lowest BCUT2D eigenvalue weighted by Crippen LogP contribution is -2.17. The van der Waals surface area contributed by atoms with E-state index in [1.807, 2.05) is 48.5 Å². The van der Waals surface area contributed by atoms with Crippen molar-refractivity contribution in [1.82, 2.24) is 0 Å². The summed E-state index contributed by atoms with van der Waals surface area (Å²) in [7, 11) is 0. The third kappa shape index (κ3) is 7.27. The van der Waals surface area contributed by atoms with Crippen LogP contribution in [0.25, 0.3) is 0 Å². The minimum absolute atomic E-state index is 0.247. The summed E-state index contributed by atoms with van der Waals surface area (Å²) in [4.78, 5) is 25.9. The Kier molecular flexibility index (Phi) is 9.82. The normalized spacial score (nSPS) is 10.6. The maximum Gasteiger partial charge on any atom is 0.255 e. The van der Waals surface area contributed by atoms with E-state index in [1.165, 1.54) is 0 Å². The molecule has 3 rings (SSSR count). The van der Waals surface area contributed by atoms with Gasteiger partial charge in [-0.2, -0.15) is 0 Å². The van der Waals surface area contributed by atoms with Crippen LogP contribution >= 0.6 is 0 Å². The maximum absolute atomic E-state index is 13.0. The molecule has 6 N–H and O–H groups in total. The molecule has 0 radical (unpaired) electrons. The third-order valence-corrected chi connectivity index (χ3v) is 5.72. The van der Waals surface area contributed by atoms with Crippen LogP contribution in [0.3, 0.4) is 0 Å². The number of nitrogens with one attached hydrogen (secondary N) is 2. The van der Waals surface area contributed by atoms with Crippen molar-refractivity contribution in [2.45, 2.75) is 38.5 Å². The van der Waals surface area contributed by atoms with Gasteiger partial charge in [0.25, 0.3) is 11.8 Å². The van der Waals surface area contributed by atoms with Gasteiger partial charge in [0.05, 0.1) is 0 Å². The first kappa shape index (κ1) is 25.1. The van der Waals surface area contributed by atoms with Crippen molar-refractivity contribution in [2.75, 3.05) is 23.7 Å². The van der Waals surface area contributed by atoms with Crippen LogP contribution in [0.1, 0.15) is 57.5 Å². The molecule has 0 unspecified atom stereocenters. The molecule has 6 nitrogen and oxygen atoms in total. The Morgan fingerprint density at radius 2 is 1.03 bits per heavy atom. The van der Waals surface area contributed by atoms with Crippen LogP contribution in [0.15, 0.2) is 72.8 Å². The highest BCUT2D eigenvalue weighted by molar-refractivity contribution is 6.09. The third-order valence-electron chi connectivity index (χ3n) is 5.72. The van der Waals surface area contributed by atoms with Gasteiger partial charge in [0.2, 0.25) is 0 Å². The van der Waals surface area contributed by atoms with E-state index in [-0.39, 0.29) is 11.8 Å². The number of carbonyl (C=O) groups is 2. The highest BCUT2D eigenvalue weighted by Crippen LogP contribution is 2.21. The Hall–Kier alpha value is -3.48. The fourth-order valence-electron chi connectivity index (χ4n) is 3.83. The number of hydrogen-bond donors (Lipinski definition) is 4. The topological polar surface area (TPSA) is 110 Å². The van der Waals surface area contributed by atoms with Crippen molar-refractivity contribution < 1.29 is 9.59 Å². The Balaban J connectivity index is 1.70. The number of rotatable bonds is 12. The van der Waals surface area contributed by atoms with Gasteiger partial charge in [-0.15, -0.1) is 0 Å². The fourth-order valence-corrected chi connectivity index (χ4v) is 3.83. The van der Waals surface area contributed by atoms with Gasteiger partial charge < -0.3 is 22.1 Å². The zero-order chi connectivity index (χ0) is 24.2. The lowest BCUT2D eigenvalue weighted by molar-refractivity contribution is 0.102. The second-order valence-electron chi connectivity index (χ2n) is 8.29. The Morgan fingerprint density at radius 3 is 1.47 bits per heavy atom. The number of carbonyl (C=O) groups excluding carboxylic acids is 2. The molecule has 0 aliphatic carbocycles. The van der Waals surface area contributed by atoms with Crippen molar-refractivity contribution in [2.24, 2.45) is 11.5 Å². The summed E-state index contributed by atoms with van der Waals surface area (Å²) in [6, 6.07) is 22.3. The van der Waals surface area contributed by atoms with E-state index in [9.17, 15) is 9.59 Å². The quantitative estimate of drug-likeness (QED) is 0.293. The molecule has 0 fully saturated rings. The highest BCUT2D eigenvalue weighted by Gasteiger charge is 2.13. The molecule has 0 spiro atoms. The summed E-state index contributed by atoms with van der Waals surface area (Å²) in [5.74, 6) is -0.494. The minimum Gasteiger partial charge on any atom is -0.330 e. The van der Waals surface area contributed by atoms with E-state index in [0.717, 1.165) is 61.0 Å². The molecule has 0 saturated heterocycles. The average Bonchev–Trinajstić information content (AvgIpc) is 2.86. The van der Waals surface area contributed by atoms with Crippen LogP contribution in [-0.2, 0) is 12.8 Å². The summed E-state index contributed by atoms with van der Waals surface area (Å²) in [6.07, 6.45) is 5.51. The van der Waals surface area contributed by atoms with E-state index in [1.54, 1.807) is 24.3 Å². The SMILES string of the molecule is NCCCCc1ccccc1NC(=O)c1cccc(C(=O)Nc2ccccc2CCCCN)c1. The molecule has 0 aromatic heterocycles. The van der Waals surface area contributed by atoms with E-state index in [2.05, 4.69) is 10.6 Å². The lowest BCUT2D eigenvalue weighted by atomic mass is 10.0. The van der Waals surface area contributed by atoms with Crippen molar-refractivity contribution in [3.05, 3.63) is 95.1 Å². The van der Waals surface area contributed by atoms with Crippen molar-refractivity contribution in [3.63, 3.8) is 0 Å². The van der Waals surface area contributed by atoms with Crippen molar-refractivity contribution >= 4 is 23.2 Å². The van der Waals surface area contributed by atoms with Crippen LogP contribution in [0, 0.1) is 0 Å². The standard InChI is InChI=1S/C28H34N4O2/c29-18-7-5-12-21-10-1-3-16-25(21)31-27(33)23-14-9-15-24(20-23)28(34)32-26-17-4-2-11-22(26)13-6-8-19-30/h1-4,9-11,14-17,20H,5-8,12-13,18-19,29-30H2,(H,31,33)(H,32,34). The highest BCUT2D eigenvalue weighted by atomic mass is 16.2. The molecule has 34 heavy (non-hydrogen) atoms. The zero-order valence-electron chi connectivity index (χ0n) is 19.6. The Labute approximate surface area is 201 Å². The summed E-state index contributed by atoms with van der Waals surface area (Å²) >= 11 is 0. The number of anilines is 2. The monoisotopic (exact) mass is 458 g/mol. The van der Waals surface area contributed by atoms with Gasteiger partial charge in [-0.25, -0.2) is 0 Å². The smallest absolute Gasteiger partial charge is 0.255 e. The molecule has 0 aliphatic rings. The molecule has 0 bridgehead atoms. The molecule has 2 amide bonds. The molecule has 3 aromatic carbocycles. The predicted molar refractivity (Wildman–Crippen MR) is 139 cm³/mol. The van der Waals surface area contributed by atoms with Crippen LogP contribution < -0.4 is 22.1 Å². The second-order valence-corrected chi connectivity index (χ2v) is 8.29. The van der Waals surface area contributed by atoms with Crippen LogP contribution in [0.2, 0.25) is 0 Å². The second kappa shape index (κ2) is 13.3. The summed E-state index contributed by atoms with van der Waals surface area (Å²) < 4.78 is 0. The van der Waals surface area contributed by atoms with Gasteiger partial charge in [0.15, 0.2) is 0 Å². The van der Waals surface area contributed by atoms with Gasteiger partial charge in [0.1, 0.15) is 0 Å². The molecule has 0 atom stereocenters. The number of amides is 2. The van der Waals surface area contributed by atoms with Gasteiger partial charge in [-0.05, 0) is 93.1 Å². The predicted octanol–water partition coefficient (Wildman–Crippen LogP) is 4.75. The molecule has 3 aromatic rings. The van der Waals surface area contributed by atoms with E-state index < -0.39 is 0 Å². The number of nitrogens with two attached hydrogens (primary N) is 2. The van der Waals surface area contributed by atoms with Gasteiger partial charge in [-0.1, -0.05) is 42.5 Å². The molecule has 6 heteroatoms. The summed E-state index contributed by atoms with van der Waals surface area (Å²) in [5.41, 5.74) is 15.8. The fraction of sp³-hybridized carbons (Fsp3) is 0.286. The summed E-state index contributed by atoms with van der Waals surface area (Å²) in [5, 5.41) is 5.99. The van der Waals surface area contributed by atoms with Crippen LogP contribution in [-0.4, -0.2) is 24.9 Å². The molecular weight excluding hydrogens is 424 g/mol. The van der Waals surface area contributed by atoms with E-state index >= 15 is 0 Å². The molecule has 178 valence electrons. The number of aryl methyl sites for hydroxylation is 2. The number of unbranched alkanes of at least 4 members (excludes halogenated alkanes) is 2. The zero-order valence-corrected chi connectivity index (χ0v) is 19.6. The van der Waals surface area contributed by atoms with Crippen LogP contribution in [0.4, 0.5) is 11.4 Å². The number of para-hydroxylation sites is 2. The van der Waals surface area contributed by atoms with E-state index in [0.29, 0.717) is 24.2 Å². The first-order valence-electron chi connectivity index (χ1n) is 11.9. The Bertz CT molecular complexity index is 1010. The van der Waals surface area contributed by atoms with Gasteiger partial charge in [0, 0.05) is 22.5 Å². The molecule has 0 aliphatic heterocycles. The van der Waals surface area contributed by atoms with Gasteiger partial charge >= 0.3 is 0 Å².